The summed E-state index contributed by atoms with van der Waals surface area (Å²) >= 11 is 0. The first-order valence-corrected chi connectivity index (χ1v) is 10.8. The van der Waals surface area contributed by atoms with Gasteiger partial charge in [0.15, 0.2) is 0 Å². The molecule has 0 aromatic heterocycles. The lowest BCUT2D eigenvalue weighted by molar-refractivity contribution is 0.00578. The molecule has 0 saturated carbocycles. The van der Waals surface area contributed by atoms with Crippen LogP contribution in [0.2, 0.25) is 6.82 Å². The molecule has 0 aromatic rings. The van der Waals surface area contributed by atoms with Gasteiger partial charge < -0.3 is 24.0 Å². The highest BCUT2D eigenvalue weighted by Crippen LogP contribution is 2.40. The van der Waals surface area contributed by atoms with Gasteiger partial charge in [-0.25, -0.2) is 0 Å². The molecule has 3 saturated heterocycles. The van der Waals surface area contributed by atoms with Gasteiger partial charge in [0.05, 0.1) is 11.2 Å². The number of likely N-dealkylation sites (tertiary alicyclic amines) is 1. The van der Waals surface area contributed by atoms with Crippen molar-refractivity contribution in [3.8, 4) is 0 Å². The van der Waals surface area contributed by atoms with Gasteiger partial charge in [-0.15, -0.1) is 0 Å². The second kappa shape index (κ2) is 8.19. The highest BCUT2D eigenvalue weighted by molar-refractivity contribution is 6.51. The Hall–Kier alpha value is -0.330. The van der Waals surface area contributed by atoms with Crippen LogP contribution < -0.4 is 0 Å². The Morgan fingerprint density at radius 1 is 1.04 bits per heavy atom. The van der Waals surface area contributed by atoms with Crippen molar-refractivity contribution in [1.29, 1.82) is 0 Å². The molecule has 152 valence electrons. The largest absolute Gasteiger partial charge is 0.486 e. The lowest BCUT2D eigenvalue weighted by atomic mass is 9.69. The molecular formula is C20H38B2N2O3. The van der Waals surface area contributed by atoms with Crippen molar-refractivity contribution in [2.45, 2.75) is 77.8 Å². The molecule has 3 fully saturated rings. The average Bonchev–Trinajstić information content (AvgIpc) is 2.79. The number of hydrogen-bond acceptors (Lipinski definition) is 5. The molecule has 0 atom stereocenters. The van der Waals surface area contributed by atoms with Crippen LogP contribution in [-0.2, 0) is 9.31 Å². The smallest absolute Gasteiger partial charge is 0.437 e. The highest BCUT2D eigenvalue weighted by Gasteiger charge is 2.50. The number of nitrogens with zero attached hydrogens (tertiary/aromatic N) is 2. The van der Waals surface area contributed by atoms with Gasteiger partial charge in [0.2, 0.25) is 0 Å². The van der Waals surface area contributed by atoms with E-state index in [0.717, 1.165) is 26.1 Å². The zero-order chi connectivity index (χ0) is 19.7. The summed E-state index contributed by atoms with van der Waals surface area (Å²) in [5.74, 6) is 2.08. The zero-order valence-electron chi connectivity index (χ0n) is 18.0. The van der Waals surface area contributed by atoms with E-state index in [9.17, 15) is 5.02 Å². The molecular weight excluding hydrogens is 338 g/mol. The second-order valence-electron chi connectivity index (χ2n) is 9.89. The molecule has 3 aliphatic rings. The lowest BCUT2D eigenvalue weighted by Crippen LogP contribution is -2.52. The van der Waals surface area contributed by atoms with Crippen molar-refractivity contribution < 1.29 is 14.3 Å². The Bertz CT molecular complexity index is 515. The van der Waals surface area contributed by atoms with E-state index in [0.29, 0.717) is 5.41 Å². The summed E-state index contributed by atoms with van der Waals surface area (Å²) < 4.78 is 12.1. The first-order valence-electron chi connectivity index (χ1n) is 10.8. The molecule has 3 heterocycles. The number of rotatable bonds is 5. The van der Waals surface area contributed by atoms with Gasteiger partial charge >= 0.3 is 14.2 Å². The summed E-state index contributed by atoms with van der Waals surface area (Å²) in [4.78, 5) is 4.84. The van der Waals surface area contributed by atoms with Crippen molar-refractivity contribution in [2.75, 3.05) is 32.7 Å². The minimum absolute atomic E-state index is 0.229. The van der Waals surface area contributed by atoms with Crippen molar-refractivity contribution >= 4 is 14.2 Å². The molecule has 27 heavy (non-hydrogen) atoms. The van der Waals surface area contributed by atoms with Crippen LogP contribution in [0.1, 0.15) is 59.8 Å². The van der Waals surface area contributed by atoms with E-state index in [4.69, 9.17) is 9.31 Å². The summed E-state index contributed by atoms with van der Waals surface area (Å²) in [5, 5.41) is 9.80. The molecule has 5 nitrogen and oxygen atoms in total. The highest BCUT2D eigenvalue weighted by atomic mass is 16.7. The van der Waals surface area contributed by atoms with Gasteiger partial charge in [-0.3, -0.25) is 0 Å². The summed E-state index contributed by atoms with van der Waals surface area (Å²) in [6.45, 7) is 15.9. The van der Waals surface area contributed by atoms with Crippen LogP contribution in [-0.4, -0.2) is 72.8 Å². The predicted octanol–water partition coefficient (Wildman–Crippen LogP) is 2.85. The normalized spacial score (nSPS) is 28.3. The van der Waals surface area contributed by atoms with E-state index in [1.165, 1.54) is 38.8 Å². The molecule has 7 heteroatoms. The fourth-order valence-corrected chi connectivity index (χ4v) is 4.71. The minimum atomic E-state index is -0.304. The van der Waals surface area contributed by atoms with Gasteiger partial charge in [0.1, 0.15) is 0 Å². The molecule has 3 rings (SSSR count). The fourth-order valence-electron chi connectivity index (χ4n) is 4.71. The Labute approximate surface area is 166 Å². The maximum atomic E-state index is 9.80. The topological polar surface area (TPSA) is 45.2 Å². The molecule has 1 N–H and O–H groups in total. The molecule has 0 radical (unpaired) electrons. The van der Waals surface area contributed by atoms with Crippen LogP contribution >= 0.6 is 0 Å². The summed E-state index contributed by atoms with van der Waals surface area (Å²) in [7, 11) is -0.533. The monoisotopic (exact) mass is 376 g/mol. The van der Waals surface area contributed by atoms with Crippen LogP contribution in [0.5, 0.6) is 0 Å². The van der Waals surface area contributed by atoms with Crippen molar-refractivity contribution in [1.82, 2.24) is 9.71 Å². The third-order valence-electron chi connectivity index (χ3n) is 7.30. The van der Waals surface area contributed by atoms with E-state index in [-0.39, 0.29) is 25.4 Å². The predicted molar refractivity (Wildman–Crippen MR) is 113 cm³/mol. The SMILES string of the molecule is CB(O)N1CCC2(CCCN(CC/C=C/B3OC(C)(C)C(C)(C)O3)C2)CC1. The minimum Gasteiger partial charge on any atom is -0.437 e. The van der Waals surface area contributed by atoms with Gasteiger partial charge in [0, 0.05) is 13.1 Å². The molecule has 0 bridgehead atoms. The second-order valence-corrected chi connectivity index (χ2v) is 9.89. The standard InChI is InChI=1S/C20H38B2N2O3/c1-18(2)19(3,4)27-22(26-18)12-6-7-13-23-14-8-9-20(17-23)10-15-24(16-11-20)21(5)25/h6,12,25H,7-11,13-17H2,1-5H3/b12-6+. The van der Waals surface area contributed by atoms with Crippen molar-refractivity contribution in [3.05, 3.63) is 12.1 Å². The zero-order valence-corrected chi connectivity index (χ0v) is 18.0. The van der Waals surface area contributed by atoms with E-state index in [1.807, 2.05) is 6.82 Å². The quantitative estimate of drug-likeness (QED) is 0.748. The van der Waals surface area contributed by atoms with Crippen LogP contribution in [0.4, 0.5) is 0 Å². The Kier molecular flexibility index (Phi) is 6.49. The van der Waals surface area contributed by atoms with E-state index >= 15 is 0 Å². The Balaban J connectivity index is 1.43. The third-order valence-corrected chi connectivity index (χ3v) is 7.30. The first-order chi connectivity index (χ1) is 12.6. The number of piperidine rings is 2. The van der Waals surface area contributed by atoms with Crippen LogP contribution in [0.3, 0.4) is 0 Å². The first kappa shape index (κ1) is 21.4. The van der Waals surface area contributed by atoms with Crippen LogP contribution in [0.25, 0.3) is 0 Å². The van der Waals surface area contributed by atoms with Crippen molar-refractivity contribution in [2.24, 2.45) is 5.41 Å². The van der Waals surface area contributed by atoms with Gasteiger partial charge in [0.25, 0.3) is 0 Å². The molecule has 0 unspecified atom stereocenters. The van der Waals surface area contributed by atoms with Gasteiger partial charge in [-0.2, -0.15) is 0 Å². The number of hydrogen-bond donors (Lipinski definition) is 1. The third kappa shape index (κ3) is 4.99. The summed E-state index contributed by atoms with van der Waals surface area (Å²) in [5.41, 5.74) is -0.0521. The van der Waals surface area contributed by atoms with Crippen LogP contribution in [0.15, 0.2) is 12.1 Å². The molecule has 3 aliphatic heterocycles. The van der Waals surface area contributed by atoms with Crippen molar-refractivity contribution in [3.63, 3.8) is 0 Å². The maximum absolute atomic E-state index is 9.80. The summed E-state index contributed by atoms with van der Waals surface area (Å²) in [6, 6.07) is 0. The van der Waals surface area contributed by atoms with Crippen LogP contribution in [0, 0.1) is 5.41 Å². The van der Waals surface area contributed by atoms with E-state index in [2.05, 4.69) is 49.5 Å². The molecule has 0 aromatic carbocycles. The maximum Gasteiger partial charge on any atom is 0.486 e. The van der Waals surface area contributed by atoms with Gasteiger partial charge in [-0.1, -0.05) is 12.1 Å². The fraction of sp³-hybridized carbons (Fsp3) is 0.900. The summed E-state index contributed by atoms with van der Waals surface area (Å²) in [6.07, 6.45) is 8.35. The van der Waals surface area contributed by atoms with E-state index < -0.39 is 0 Å². The molecule has 0 amide bonds. The molecule has 1 spiro atoms. The Morgan fingerprint density at radius 3 is 2.26 bits per heavy atom. The lowest BCUT2D eigenvalue weighted by Gasteiger charge is -2.48. The average molecular weight is 376 g/mol. The van der Waals surface area contributed by atoms with Gasteiger partial charge in [-0.05, 0) is 91.7 Å². The van der Waals surface area contributed by atoms with E-state index in [1.54, 1.807) is 0 Å². The Morgan fingerprint density at radius 2 is 1.67 bits per heavy atom. The molecule has 0 aliphatic carbocycles.